The zero-order chi connectivity index (χ0) is 13.5. The SMILES string of the molecule is CCC(CSC)N(C)c1ccc([C@@H](N)CC)cc1. The van der Waals surface area contributed by atoms with Crippen LogP contribution in [0.2, 0.25) is 0 Å². The molecular weight excluding hydrogens is 240 g/mol. The number of hydrogen-bond acceptors (Lipinski definition) is 3. The number of rotatable bonds is 7. The zero-order valence-corrected chi connectivity index (χ0v) is 12.8. The molecule has 1 unspecified atom stereocenters. The molecule has 2 atom stereocenters. The summed E-state index contributed by atoms with van der Waals surface area (Å²) in [6, 6.07) is 9.46. The fourth-order valence-electron chi connectivity index (χ4n) is 2.10. The summed E-state index contributed by atoms with van der Waals surface area (Å²) >= 11 is 1.91. The summed E-state index contributed by atoms with van der Waals surface area (Å²) in [6.45, 7) is 4.37. The maximum absolute atomic E-state index is 6.04. The second kappa shape index (κ2) is 7.70. The van der Waals surface area contributed by atoms with Crippen molar-refractivity contribution in [2.45, 2.75) is 38.8 Å². The Bertz CT molecular complexity index is 337. The molecule has 0 radical (unpaired) electrons. The highest BCUT2D eigenvalue weighted by molar-refractivity contribution is 7.98. The highest BCUT2D eigenvalue weighted by atomic mass is 32.2. The van der Waals surface area contributed by atoms with Crippen molar-refractivity contribution in [3.05, 3.63) is 29.8 Å². The van der Waals surface area contributed by atoms with Crippen molar-refractivity contribution in [2.24, 2.45) is 5.73 Å². The fraction of sp³-hybridized carbons (Fsp3) is 0.600. The Hall–Kier alpha value is -0.670. The van der Waals surface area contributed by atoms with Crippen LogP contribution in [-0.2, 0) is 0 Å². The minimum absolute atomic E-state index is 0.164. The first kappa shape index (κ1) is 15.4. The number of nitrogens with two attached hydrogens (primary N) is 1. The molecule has 1 rings (SSSR count). The Balaban J connectivity index is 2.77. The van der Waals surface area contributed by atoms with Gasteiger partial charge >= 0.3 is 0 Å². The van der Waals surface area contributed by atoms with Gasteiger partial charge in [0, 0.05) is 30.6 Å². The van der Waals surface area contributed by atoms with Crippen LogP contribution in [0.15, 0.2) is 24.3 Å². The molecular formula is C15H26N2S. The van der Waals surface area contributed by atoms with Crippen molar-refractivity contribution in [3.63, 3.8) is 0 Å². The lowest BCUT2D eigenvalue weighted by molar-refractivity contribution is 0.671. The van der Waals surface area contributed by atoms with Crippen LogP contribution < -0.4 is 10.6 Å². The number of nitrogens with zero attached hydrogens (tertiary/aromatic N) is 1. The molecule has 0 aliphatic rings. The standard InChI is InChI=1S/C15H26N2S/c1-5-13(11-18-4)17(3)14-9-7-12(8-10-14)15(16)6-2/h7-10,13,15H,5-6,11,16H2,1-4H3/t13?,15-/m0/s1. The fourth-order valence-corrected chi connectivity index (χ4v) is 2.94. The first-order valence-corrected chi connectivity index (χ1v) is 8.10. The molecule has 102 valence electrons. The van der Waals surface area contributed by atoms with Gasteiger partial charge in [0.1, 0.15) is 0 Å². The van der Waals surface area contributed by atoms with Crippen molar-refractivity contribution >= 4 is 17.4 Å². The highest BCUT2D eigenvalue weighted by Gasteiger charge is 2.13. The van der Waals surface area contributed by atoms with Crippen molar-refractivity contribution < 1.29 is 0 Å². The van der Waals surface area contributed by atoms with E-state index < -0.39 is 0 Å². The summed E-state index contributed by atoms with van der Waals surface area (Å²) in [5, 5.41) is 0. The lowest BCUT2D eigenvalue weighted by Crippen LogP contribution is -2.33. The Morgan fingerprint density at radius 2 is 1.78 bits per heavy atom. The highest BCUT2D eigenvalue weighted by Crippen LogP contribution is 2.22. The number of benzene rings is 1. The van der Waals surface area contributed by atoms with E-state index in [2.05, 4.69) is 56.3 Å². The van der Waals surface area contributed by atoms with E-state index in [9.17, 15) is 0 Å². The van der Waals surface area contributed by atoms with Crippen LogP contribution in [0.5, 0.6) is 0 Å². The number of anilines is 1. The van der Waals surface area contributed by atoms with Gasteiger partial charge in [0.05, 0.1) is 0 Å². The Labute approximate surface area is 116 Å². The molecule has 2 N–H and O–H groups in total. The van der Waals surface area contributed by atoms with Crippen LogP contribution >= 0.6 is 11.8 Å². The predicted octanol–water partition coefficient (Wildman–Crippen LogP) is 3.67. The van der Waals surface area contributed by atoms with E-state index >= 15 is 0 Å². The van der Waals surface area contributed by atoms with Crippen molar-refractivity contribution in [2.75, 3.05) is 24.0 Å². The van der Waals surface area contributed by atoms with Crippen LogP contribution in [-0.4, -0.2) is 25.1 Å². The van der Waals surface area contributed by atoms with Crippen molar-refractivity contribution in [1.82, 2.24) is 0 Å². The molecule has 0 fully saturated rings. The Morgan fingerprint density at radius 3 is 2.22 bits per heavy atom. The molecule has 2 nitrogen and oxygen atoms in total. The first-order chi connectivity index (χ1) is 8.63. The molecule has 0 heterocycles. The quantitative estimate of drug-likeness (QED) is 0.816. The average molecular weight is 266 g/mol. The summed E-state index contributed by atoms with van der Waals surface area (Å²) < 4.78 is 0. The zero-order valence-electron chi connectivity index (χ0n) is 12.0. The minimum atomic E-state index is 0.164. The molecule has 1 aromatic carbocycles. The predicted molar refractivity (Wildman–Crippen MR) is 84.5 cm³/mol. The normalized spacial score (nSPS) is 14.3. The van der Waals surface area contributed by atoms with Gasteiger partial charge in [0.15, 0.2) is 0 Å². The molecule has 0 saturated heterocycles. The minimum Gasteiger partial charge on any atom is -0.371 e. The molecule has 0 saturated carbocycles. The maximum atomic E-state index is 6.04. The van der Waals surface area contributed by atoms with Gasteiger partial charge in [0.2, 0.25) is 0 Å². The van der Waals surface area contributed by atoms with E-state index in [0.29, 0.717) is 6.04 Å². The third kappa shape index (κ3) is 3.92. The van der Waals surface area contributed by atoms with Gasteiger partial charge in [-0.15, -0.1) is 0 Å². The number of thioether (sulfide) groups is 1. The third-order valence-corrected chi connectivity index (χ3v) is 4.26. The second-order valence-corrected chi connectivity index (χ2v) is 5.65. The maximum Gasteiger partial charge on any atom is 0.0374 e. The van der Waals surface area contributed by atoms with E-state index in [0.717, 1.165) is 6.42 Å². The van der Waals surface area contributed by atoms with E-state index in [-0.39, 0.29) is 6.04 Å². The summed E-state index contributed by atoms with van der Waals surface area (Å²) in [5.74, 6) is 1.17. The Kier molecular flexibility index (Phi) is 6.58. The summed E-state index contributed by atoms with van der Waals surface area (Å²) in [5.41, 5.74) is 8.55. The monoisotopic (exact) mass is 266 g/mol. The first-order valence-electron chi connectivity index (χ1n) is 6.71. The molecule has 1 aromatic rings. The van der Waals surface area contributed by atoms with Crippen molar-refractivity contribution in [1.29, 1.82) is 0 Å². The molecule has 0 aliphatic heterocycles. The van der Waals surface area contributed by atoms with Crippen LogP contribution in [0.1, 0.15) is 38.3 Å². The summed E-state index contributed by atoms with van der Waals surface area (Å²) in [4.78, 5) is 2.37. The molecule has 0 amide bonds. The van der Waals surface area contributed by atoms with Crippen molar-refractivity contribution in [3.8, 4) is 0 Å². The van der Waals surface area contributed by atoms with Gasteiger partial charge in [-0.05, 0) is 36.8 Å². The number of hydrogen-bond donors (Lipinski definition) is 1. The molecule has 0 aromatic heterocycles. The largest absolute Gasteiger partial charge is 0.371 e. The lowest BCUT2D eigenvalue weighted by atomic mass is 10.0. The molecule has 3 heteroatoms. The second-order valence-electron chi connectivity index (χ2n) is 4.73. The molecule has 18 heavy (non-hydrogen) atoms. The van der Waals surface area contributed by atoms with Gasteiger partial charge in [-0.3, -0.25) is 0 Å². The van der Waals surface area contributed by atoms with Gasteiger partial charge in [0.25, 0.3) is 0 Å². The summed E-state index contributed by atoms with van der Waals surface area (Å²) in [6.07, 6.45) is 4.33. The van der Waals surface area contributed by atoms with Crippen LogP contribution in [0.25, 0.3) is 0 Å². The lowest BCUT2D eigenvalue weighted by Gasteiger charge is -2.29. The average Bonchev–Trinajstić information content (AvgIpc) is 2.43. The molecule has 0 bridgehead atoms. The smallest absolute Gasteiger partial charge is 0.0374 e. The van der Waals surface area contributed by atoms with Crippen LogP contribution in [0, 0.1) is 0 Å². The third-order valence-electron chi connectivity index (χ3n) is 3.55. The van der Waals surface area contributed by atoms with Gasteiger partial charge in [-0.25, -0.2) is 0 Å². The Morgan fingerprint density at radius 1 is 1.17 bits per heavy atom. The van der Waals surface area contributed by atoms with E-state index in [1.807, 2.05) is 11.8 Å². The van der Waals surface area contributed by atoms with E-state index in [1.165, 1.54) is 23.4 Å². The van der Waals surface area contributed by atoms with Crippen LogP contribution in [0.4, 0.5) is 5.69 Å². The topological polar surface area (TPSA) is 29.3 Å². The van der Waals surface area contributed by atoms with Gasteiger partial charge < -0.3 is 10.6 Å². The molecule has 0 aliphatic carbocycles. The summed E-state index contributed by atoms with van der Waals surface area (Å²) in [7, 11) is 2.18. The molecule has 0 spiro atoms. The van der Waals surface area contributed by atoms with Gasteiger partial charge in [-0.2, -0.15) is 11.8 Å². The van der Waals surface area contributed by atoms with E-state index in [4.69, 9.17) is 5.73 Å². The van der Waals surface area contributed by atoms with Gasteiger partial charge in [-0.1, -0.05) is 26.0 Å². The van der Waals surface area contributed by atoms with Crippen LogP contribution in [0.3, 0.4) is 0 Å². The van der Waals surface area contributed by atoms with E-state index in [1.54, 1.807) is 0 Å².